The Morgan fingerprint density at radius 3 is 2.42 bits per heavy atom. The van der Waals surface area contributed by atoms with Crippen molar-refractivity contribution < 1.29 is 19.4 Å². The number of carboxylic acid groups (broad SMARTS) is 1. The van der Waals surface area contributed by atoms with E-state index in [4.69, 9.17) is 26.1 Å². The highest BCUT2D eigenvalue weighted by atomic mass is 35.5. The molecule has 1 atom stereocenters. The standard InChI is InChI=1S/C25H28ClNO4/c1-6-30-14-18-11-12-19-20(27-18)13-15(2)21(23(24(28)29)31-25(3,4)5)22(19)16-7-9-17(26)10-8-16/h7-13,23H,6,14H2,1-5H3,(H,28,29). The monoisotopic (exact) mass is 441 g/mol. The van der Waals surface area contributed by atoms with Gasteiger partial charge in [-0.25, -0.2) is 4.79 Å². The molecule has 0 aliphatic rings. The van der Waals surface area contributed by atoms with Crippen molar-refractivity contribution in [1.82, 2.24) is 4.98 Å². The van der Waals surface area contributed by atoms with Crippen LogP contribution in [0.2, 0.25) is 5.02 Å². The van der Waals surface area contributed by atoms with E-state index < -0.39 is 17.7 Å². The molecule has 31 heavy (non-hydrogen) atoms. The molecule has 0 spiro atoms. The summed E-state index contributed by atoms with van der Waals surface area (Å²) in [5.74, 6) is -1.03. The predicted molar refractivity (Wildman–Crippen MR) is 123 cm³/mol. The van der Waals surface area contributed by atoms with Crippen LogP contribution in [0.1, 0.15) is 50.6 Å². The Labute approximate surface area is 188 Å². The molecule has 0 radical (unpaired) electrons. The van der Waals surface area contributed by atoms with Crippen molar-refractivity contribution in [2.75, 3.05) is 6.61 Å². The van der Waals surface area contributed by atoms with E-state index in [1.54, 1.807) is 12.1 Å². The number of aromatic nitrogens is 1. The van der Waals surface area contributed by atoms with Crippen LogP contribution in [0.15, 0.2) is 42.5 Å². The van der Waals surface area contributed by atoms with E-state index in [1.165, 1.54) is 0 Å². The zero-order chi connectivity index (χ0) is 22.8. The second kappa shape index (κ2) is 9.35. The number of aliphatic carboxylic acids is 1. The van der Waals surface area contributed by atoms with Crippen LogP contribution in [-0.2, 0) is 20.9 Å². The molecule has 1 unspecified atom stereocenters. The second-order valence-corrected chi connectivity index (χ2v) is 8.88. The van der Waals surface area contributed by atoms with Crippen LogP contribution >= 0.6 is 11.6 Å². The lowest BCUT2D eigenvalue weighted by molar-refractivity contribution is -0.160. The van der Waals surface area contributed by atoms with Gasteiger partial charge in [0.15, 0.2) is 6.10 Å². The number of aryl methyl sites for hydroxylation is 1. The van der Waals surface area contributed by atoms with Crippen LogP contribution in [0, 0.1) is 6.92 Å². The number of halogens is 1. The number of benzene rings is 2. The zero-order valence-electron chi connectivity index (χ0n) is 18.5. The number of rotatable bonds is 7. The molecule has 5 nitrogen and oxygen atoms in total. The summed E-state index contributed by atoms with van der Waals surface area (Å²) in [5, 5.41) is 11.5. The van der Waals surface area contributed by atoms with Gasteiger partial charge < -0.3 is 14.6 Å². The molecule has 164 valence electrons. The second-order valence-electron chi connectivity index (χ2n) is 8.44. The SMILES string of the molecule is CCOCc1ccc2c(-c3ccc(Cl)cc3)c(C(OC(C)(C)C)C(=O)O)c(C)cc2n1. The van der Waals surface area contributed by atoms with E-state index in [0.29, 0.717) is 23.8 Å². The van der Waals surface area contributed by atoms with E-state index >= 15 is 0 Å². The highest BCUT2D eigenvalue weighted by Crippen LogP contribution is 2.40. The third kappa shape index (κ3) is 5.42. The summed E-state index contributed by atoms with van der Waals surface area (Å²) in [4.78, 5) is 17.1. The molecule has 1 heterocycles. The van der Waals surface area contributed by atoms with Gasteiger partial charge in [-0.1, -0.05) is 29.8 Å². The lowest BCUT2D eigenvalue weighted by Gasteiger charge is -2.28. The molecule has 0 saturated carbocycles. The van der Waals surface area contributed by atoms with Crippen LogP contribution in [0.5, 0.6) is 0 Å². The van der Waals surface area contributed by atoms with Gasteiger partial charge in [-0.05, 0) is 75.6 Å². The molecule has 0 fully saturated rings. The summed E-state index contributed by atoms with van der Waals surface area (Å²) in [5.41, 5.74) is 4.04. The predicted octanol–water partition coefficient (Wildman–Crippen LogP) is 6.34. The molecule has 3 aromatic rings. The molecule has 3 rings (SSSR count). The molecule has 1 aromatic heterocycles. The maximum Gasteiger partial charge on any atom is 0.337 e. The first-order valence-corrected chi connectivity index (χ1v) is 10.7. The van der Waals surface area contributed by atoms with Crippen molar-refractivity contribution >= 4 is 28.5 Å². The fourth-order valence-corrected chi connectivity index (χ4v) is 3.73. The van der Waals surface area contributed by atoms with Gasteiger partial charge in [-0.2, -0.15) is 0 Å². The molecule has 0 aliphatic carbocycles. The summed E-state index contributed by atoms with van der Waals surface area (Å²) in [6, 6.07) is 13.2. The van der Waals surface area contributed by atoms with Gasteiger partial charge in [-0.15, -0.1) is 0 Å². The average molecular weight is 442 g/mol. The smallest absolute Gasteiger partial charge is 0.337 e. The molecule has 0 amide bonds. The topological polar surface area (TPSA) is 68.7 Å². The Kier molecular flexibility index (Phi) is 6.99. The van der Waals surface area contributed by atoms with Crippen LogP contribution in [0.4, 0.5) is 0 Å². The zero-order valence-corrected chi connectivity index (χ0v) is 19.3. The minimum atomic E-state index is -1.13. The van der Waals surface area contributed by atoms with Gasteiger partial charge in [0.1, 0.15) is 0 Å². The number of fused-ring (bicyclic) bond motifs is 1. The fourth-order valence-electron chi connectivity index (χ4n) is 3.60. The highest BCUT2D eigenvalue weighted by molar-refractivity contribution is 6.30. The lowest BCUT2D eigenvalue weighted by Crippen LogP contribution is -2.28. The normalized spacial score (nSPS) is 12.8. The van der Waals surface area contributed by atoms with Crippen molar-refractivity contribution in [3.05, 3.63) is 64.3 Å². The van der Waals surface area contributed by atoms with Crippen molar-refractivity contribution in [2.45, 2.75) is 52.9 Å². The Bertz CT molecular complexity index is 1090. The Morgan fingerprint density at radius 1 is 1.16 bits per heavy atom. The number of hydrogen-bond donors (Lipinski definition) is 1. The van der Waals surface area contributed by atoms with E-state index in [1.807, 2.05) is 65.0 Å². The van der Waals surface area contributed by atoms with Gasteiger partial charge in [0, 0.05) is 22.6 Å². The summed E-state index contributed by atoms with van der Waals surface area (Å²) < 4.78 is 11.5. The summed E-state index contributed by atoms with van der Waals surface area (Å²) >= 11 is 6.11. The number of hydrogen-bond acceptors (Lipinski definition) is 4. The number of pyridine rings is 1. The number of carboxylic acids is 1. The summed E-state index contributed by atoms with van der Waals surface area (Å²) in [6.07, 6.45) is -1.13. The molecular formula is C25H28ClNO4. The van der Waals surface area contributed by atoms with E-state index in [9.17, 15) is 9.90 Å². The van der Waals surface area contributed by atoms with Gasteiger partial charge in [-0.3, -0.25) is 4.98 Å². The van der Waals surface area contributed by atoms with Crippen LogP contribution < -0.4 is 0 Å². The highest BCUT2D eigenvalue weighted by Gasteiger charge is 2.31. The first kappa shape index (κ1) is 23.2. The minimum absolute atomic E-state index is 0.425. The van der Waals surface area contributed by atoms with Crippen LogP contribution in [-0.4, -0.2) is 28.3 Å². The van der Waals surface area contributed by atoms with E-state index in [2.05, 4.69) is 0 Å². The number of nitrogens with zero attached hydrogens (tertiary/aromatic N) is 1. The van der Waals surface area contributed by atoms with Gasteiger partial charge in [0.05, 0.1) is 23.4 Å². The van der Waals surface area contributed by atoms with Crippen molar-refractivity contribution in [2.24, 2.45) is 0 Å². The Balaban J connectivity index is 2.31. The van der Waals surface area contributed by atoms with E-state index in [-0.39, 0.29) is 0 Å². The van der Waals surface area contributed by atoms with Crippen molar-refractivity contribution in [1.29, 1.82) is 0 Å². The van der Waals surface area contributed by atoms with Crippen molar-refractivity contribution in [3.8, 4) is 11.1 Å². The molecule has 0 saturated heterocycles. The number of carbonyl (C=O) groups is 1. The molecule has 0 bridgehead atoms. The van der Waals surface area contributed by atoms with Crippen LogP contribution in [0.25, 0.3) is 22.0 Å². The third-order valence-corrected chi connectivity index (χ3v) is 5.10. The quantitative estimate of drug-likeness (QED) is 0.463. The maximum absolute atomic E-state index is 12.3. The Morgan fingerprint density at radius 2 is 1.84 bits per heavy atom. The fraction of sp³-hybridized carbons (Fsp3) is 0.360. The molecule has 2 aromatic carbocycles. The summed E-state index contributed by atoms with van der Waals surface area (Å²) in [6.45, 7) is 10.4. The van der Waals surface area contributed by atoms with Gasteiger partial charge in [0.25, 0.3) is 0 Å². The third-order valence-electron chi connectivity index (χ3n) is 4.84. The Hall–Kier alpha value is -2.47. The molecule has 0 aliphatic heterocycles. The molecular weight excluding hydrogens is 414 g/mol. The molecule has 6 heteroatoms. The average Bonchev–Trinajstić information content (AvgIpc) is 2.69. The first-order valence-electron chi connectivity index (χ1n) is 10.3. The largest absolute Gasteiger partial charge is 0.479 e. The minimum Gasteiger partial charge on any atom is -0.479 e. The first-order chi connectivity index (χ1) is 14.6. The van der Waals surface area contributed by atoms with Crippen molar-refractivity contribution in [3.63, 3.8) is 0 Å². The lowest BCUT2D eigenvalue weighted by atomic mass is 9.88. The van der Waals surface area contributed by atoms with Crippen LogP contribution in [0.3, 0.4) is 0 Å². The number of ether oxygens (including phenoxy) is 2. The van der Waals surface area contributed by atoms with Gasteiger partial charge in [0.2, 0.25) is 0 Å². The maximum atomic E-state index is 12.3. The molecule has 1 N–H and O–H groups in total. The van der Waals surface area contributed by atoms with Gasteiger partial charge >= 0.3 is 5.97 Å². The van der Waals surface area contributed by atoms with E-state index in [0.717, 1.165) is 33.3 Å². The summed E-state index contributed by atoms with van der Waals surface area (Å²) in [7, 11) is 0.